The molecule has 0 unspecified atom stereocenters. The molecule has 4 aromatic rings. The van der Waals surface area contributed by atoms with Crippen molar-refractivity contribution >= 4 is 56.8 Å². The molecule has 4 radical (unpaired) electrons. The van der Waals surface area contributed by atoms with E-state index < -0.39 is 0 Å². The molecule has 4 rings (SSSR count). The monoisotopic (exact) mass is 603 g/mol. The van der Waals surface area contributed by atoms with Crippen LogP contribution in [0.3, 0.4) is 0 Å². The fourth-order valence-electron chi connectivity index (χ4n) is 3.55. The molecule has 0 amide bonds. The Morgan fingerprint density at radius 3 is 0.978 bits per heavy atom. The number of rotatable bonds is 8. The van der Waals surface area contributed by atoms with Crippen LogP contribution >= 0.6 is 0 Å². The predicted molar refractivity (Wildman–Crippen MR) is 185 cm³/mol. The van der Waals surface area contributed by atoms with Crippen LogP contribution in [0.15, 0.2) is 112 Å². The zero-order chi connectivity index (χ0) is 33.2. The Labute approximate surface area is 270 Å². The second-order valence-corrected chi connectivity index (χ2v) is 8.22. The van der Waals surface area contributed by atoms with Gasteiger partial charge in [0.15, 0.2) is 5.78 Å². The van der Waals surface area contributed by atoms with Gasteiger partial charge in [0, 0.05) is 14.1 Å². The van der Waals surface area contributed by atoms with Crippen LogP contribution in [-0.2, 0) is 27.2 Å². The van der Waals surface area contributed by atoms with Gasteiger partial charge < -0.3 is 5.11 Å². The highest BCUT2D eigenvalue weighted by atomic mass is 16.2. The van der Waals surface area contributed by atoms with Crippen LogP contribution < -0.4 is 0 Å². The number of aliphatic imine (C=N–C) groups is 3. The van der Waals surface area contributed by atoms with Gasteiger partial charge in [0.05, 0.1) is 32.8 Å². The average molecular weight is 603 g/mol. The molecule has 0 spiro atoms. The molecule has 0 saturated carbocycles. The first kappa shape index (κ1) is 41.9. The minimum atomic E-state index is 0. The molecule has 0 aromatic heterocycles. The van der Waals surface area contributed by atoms with Crippen molar-refractivity contribution in [3.8, 4) is 0 Å². The molecule has 0 fully saturated rings. The van der Waals surface area contributed by atoms with E-state index in [0.29, 0.717) is 17.1 Å². The zero-order valence-electron chi connectivity index (χ0n) is 25.2. The predicted octanol–water partition coefficient (Wildman–Crippen LogP) is 7.56. The summed E-state index contributed by atoms with van der Waals surface area (Å²) in [6.07, 6.45) is 6.06. The highest BCUT2D eigenvalue weighted by Crippen LogP contribution is 2.18. The lowest BCUT2D eigenvalue weighted by molar-refractivity contribution is 0.101. The van der Waals surface area contributed by atoms with Crippen LogP contribution in [0, 0.1) is 0 Å². The van der Waals surface area contributed by atoms with Crippen molar-refractivity contribution in [1.82, 2.24) is 0 Å². The zero-order valence-corrected chi connectivity index (χ0v) is 25.2. The molecular formula is C35H39B2N3O5. The summed E-state index contributed by atoms with van der Waals surface area (Å²) in [6, 6.07) is 29.7. The Kier molecular flexibility index (Phi) is 24.6. The maximum Gasteiger partial charge on any atom is 0.240 e. The van der Waals surface area contributed by atoms with Gasteiger partial charge in [-0.3, -0.25) is 4.79 Å². The van der Waals surface area contributed by atoms with Gasteiger partial charge >= 0.3 is 0 Å². The van der Waals surface area contributed by atoms with E-state index in [1.165, 1.54) is 31.9 Å². The van der Waals surface area contributed by atoms with Gasteiger partial charge in [-0.25, -0.2) is 14.4 Å². The molecule has 0 aliphatic carbocycles. The Bertz CT molecular complexity index is 1320. The van der Waals surface area contributed by atoms with Crippen molar-refractivity contribution in [3.63, 3.8) is 0 Å². The highest BCUT2D eigenvalue weighted by molar-refractivity contribution is 6.05. The van der Waals surface area contributed by atoms with Gasteiger partial charge in [0.1, 0.15) is 0 Å². The van der Waals surface area contributed by atoms with E-state index in [-0.39, 0.29) is 14.6 Å². The van der Waals surface area contributed by atoms with Gasteiger partial charge in [-0.2, -0.15) is 15.0 Å². The van der Waals surface area contributed by atoms with E-state index in [9.17, 15) is 19.2 Å². The largest absolute Gasteiger partial charge is 0.400 e. The van der Waals surface area contributed by atoms with Crippen molar-refractivity contribution in [3.05, 3.63) is 125 Å². The lowest BCUT2D eigenvalue weighted by Gasteiger charge is -2.03. The maximum absolute atomic E-state index is 11.2. The van der Waals surface area contributed by atoms with E-state index in [0.717, 1.165) is 47.8 Å². The number of aliphatic hydroxyl groups is 1. The molecular weight excluding hydrogens is 564 g/mol. The normalized spacial score (nSPS) is 8.38. The molecule has 0 aliphatic heterocycles. The molecule has 0 atom stereocenters. The SMILES string of the molecule is C.CC(=O)c1ccc(Cc2ccc(N=C=O)cc2)cc1.CO.O=C=Nc1ccc(Cc2ccc(N=C=O)cc2)cc1.[B]C.[B]C.[HH]. The summed E-state index contributed by atoms with van der Waals surface area (Å²) >= 11 is 0. The molecule has 230 valence electrons. The number of isocyanates is 3. The van der Waals surface area contributed by atoms with Crippen LogP contribution in [0.1, 0.15) is 48.4 Å². The summed E-state index contributed by atoms with van der Waals surface area (Å²) in [4.78, 5) is 52.1. The van der Waals surface area contributed by atoms with E-state index in [1.807, 2.05) is 60.7 Å². The Balaban J connectivity index is -0.000000666. The molecule has 8 nitrogen and oxygen atoms in total. The molecule has 10 heteroatoms. The molecule has 45 heavy (non-hydrogen) atoms. The first-order chi connectivity index (χ1) is 21.5. The Hall–Kier alpha value is -5.22. The number of carbonyl (C=O) groups is 1. The number of carbonyl (C=O) groups excluding carboxylic acids is 4. The topological polar surface area (TPSA) is 126 Å². The molecule has 0 aliphatic rings. The van der Waals surface area contributed by atoms with Crippen LogP contribution in [0.2, 0.25) is 13.6 Å². The van der Waals surface area contributed by atoms with Gasteiger partial charge in [-0.15, -0.1) is 0 Å². The minimum absolute atomic E-state index is 0. The maximum atomic E-state index is 11.2. The molecule has 0 heterocycles. The van der Waals surface area contributed by atoms with Crippen molar-refractivity contribution in [2.75, 3.05) is 7.11 Å². The van der Waals surface area contributed by atoms with Crippen LogP contribution in [-0.4, -0.2) is 51.9 Å². The number of hydrogen-bond acceptors (Lipinski definition) is 8. The van der Waals surface area contributed by atoms with Gasteiger partial charge in [0.2, 0.25) is 18.2 Å². The number of aliphatic hydroxyl groups excluding tert-OH is 1. The Morgan fingerprint density at radius 2 is 0.778 bits per heavy atom. The van der Waals surface area contributed by atoms with Crippen LogP contribution in [0.25, 0.3) is 0 Å². The summed E-state index contributed by atoms with van der Waals surface area (Å²) in [6.45, 7) is 4.56. The van der Waals surface area contributed by atoms with Crippen molar-refractivity contribution in [1.29, 1.82) is 0 Å². The summed E-state index contributed by atoms with van der Waals surface area (Å²) < 4.78 is 0. The third kappa shape index (κ3) is 16.9. The van der Waals surface area contributed by atoms with E-state index in [1.54, 1.807) is 43.3 Å². The fourth-order valence-corrected chi connectivity index (χ4v) is 3.55. The van der Waals surface area contributed by atoms with Gasteiger partial charge in [-0.1, -0.05) is 81.7 Å². The number of ketones is 1. The van der Waals surface area contributed by atoms with Crippen LogP contribution in [0.4, 0.5) is 17.1 Å². The fraction of sp³-hybridized carbons (Fsp3) is 0.200. The molecule has 4 aromatic carbocycles. The Morgan fingerprint density at radius 1 is 0.556 bits per heavy atom. The highest BCUT2D eigenvalue weighted by Gasteiger charge is 2.01. The summed E-state index contributed by atoms with van der Waals surface area (Å²) in [5.41, 5.74) is 6.99. The summed E-state index contributed by atoms with van der Waals surface area (Å²) in [5.74, 6) is 0.0719. The molecule has 1 N–H and O–H groups in total. The standard InChI is InChI=1S/C16H13NO2.C15H10N2O2.2CH3B.CH4O.CH4.H2/c1-12(19)15-6-2-13(3-7-15)10-14-4-8-16(9-5-14)17-11-18;18-10-16-14-5-1-12(2-6-14)9-13-3-7-15(8-4-13)17-11-19;3*1-2;;/h2-9H,10H2,1H3;1-8H,9H2;2*1H3;2H,1H3;1H4;1H. The molecule has 0 bridgehead atoms. The number of hydrogen-bond donors (Lipinski definition) is 1. The van der Waals surface area contributed by atoms with Gasteiger partial charge in [-0.05, 0) is 78.4 Å². The second kappa shape index (κ2) is 26.4. The third-order valence-corrected chi connectivity index (χ3v) is 5.51. The van der Waals surface area contributed by atoms with E-state index >= 15 is 0 Å². The average Bonchev–Trinajstić information content (AvgIpc) is 3.08. The van der Waals surface area contributed by atoms with Crippen molar-refractivity contribution < 1.29 is 25.7 Å². The van der Waals surface area contributed by atoms with E-state index in [4.69, 9.17) is 5.11 Å². The minimum Gasteiger partial charge on any atom is -0.400 e. The number of nitrogens with zero attached hydrogens (tertiary/aromatic N) is 3. The smallest absolute Gasteiger partial charge is 0.240 e. The first-order valence-electron chi connectivity index (χ1n) is 13.2. The lowest BCUT2D eigenvalue weighted by atomic mass is 10.0. The van der Waals surface area contributed by atoms with Crippen LogP contribution in [0.5, 0.6) is 0 Å². The van der Waals surface area contributed by atoms with Gasteiger partial charge in [0.25, 0.3) is 0 Å². The van der Waals surface area contributed by atoms with Crippen molar-refractivity contribution in [2.45, 2.75) is 40.8 Å². The first-order valence-corrected chi connectivity index (χ1v) is 13.2. The summed E-state index contributed by atoms with van der Waals surface area (Å²) in [7, 11) is 10.0. The quantitative estimate of drug-likeness (QED) is 0.0963. The number of benzene rings is 4. The number of Topliss-reactive ketones (excluding diaryl/α,β-unsaturated/α-hetero) is 1. The molecule has 0 saturated heterocycles. The summed E-state index contributed by atoms with van der Waals surface area (Å²) in [5, 5.41) is 7.00. The second-order valence-electron chi connectivity index (χ2n) is 8.22. The third-order valence-electron chi connectivity index (χ3n) is 5.51. The van der Waals surface area contributed by atoms with Crippen molar-refractivity contribution in [2.24, 2.45) is 15.0 Å². The lowest BCUT2D eigenvalue weighted by Crippen LogP contribution is -1.93. The van der Waals surface area contributed by atoms with E-state index in [2.05, 4.69) is 30.7 Å².